The van der Waals surface area contributed by atoms with Crippen LogP contribution in [0.4, 0.5) is 0 Å². The molecule has 0 bridgehead atoms. The van der Waals surface area contributed by atoms with Crippen LogP contribution in [0.25, 0.3) is 0 Å². The van der Waals surface area contributed by atoms with E-state index in [0.29, 0.717) is 11.5 Å². The van der Waals surface area contributed by atoms with Crippen LogP contribution < -0.4 is 0 Å². The molecule has 1 rings (SSSR count). The van der Waals surface area contributed by atoms with Gasteiger partial charge >= 0.3 is 0 Å². The molecule has 0 N–H and O–H groups in total. The van der Waals surface area contributed by atoms with Crippen LogP contribution in [0.15, 0.2) is 10.5 Å². The van der Waals surface area contributed by atoms with Crippen molar-refractivity contribution in [3.05, 3.63) is 23.2 Å². The molecule has 2 nitrogen and oxygen atoms in total. The smallest absolute Gasteiger partial charge is 0.153 e. The average Bonchev–Trinajstić information content (AvgIpc) is 2.59. The summed E-state index contributed by atoms with van der Waals surface area (Å²) in [6.07, 6.45) is 1.91. The zero-order valence-corrected chi connectivity index (χ0v) is 10.3. The lowest BCUT2D eigenvalue weighted by Gasteiger charge is -2.16. The molecule has 0 amide bonds. The Kier molecular flexibility index (Phi) is 3.38. The van der Waals surface area contributed by atoms with Gasteiger partial charge in [-0.25, -0.2) is 0 Å². The van der Waals surface area contributed by atoms with E-state index >= 15 is 0 Å². The summed E-state index contributed by atoms with van der Waals surface area (Å²) in [4.78, 5) is 10.9. The fraction of sp³-hybridized carbons (Fsp3) is 0.615. The van der Waals surface area contributed by atoms with E-state index in [2.05, 4.69) is 34.6 Å². The highest BCUT2D eigenvalue weighted by Crippen LogP contribution is 2.31. The summed E-state index contributed by atoms with van der Waals surface area (Å²) in [7, 11) is 0. The van der Waals surface area contributed by atoms with E-state index in [1.165, 1.54) is 0 Å². The van der Waals surface area contributed by atoms with Gasteiger partial charge in [-0.05, 0) is 12.5 Å². The van der Waals surface area contributed by atoms with Gasteiger partial charge in [-0.3, -0.25) is 4.79 Å². The Labute approximate surface area is 91.7 Å². The SMILES string of the molecule is CCC(C)c1cc(C=O)c(C(C)(C)C)o1. The number of carbonyl (C=O) groups excluding carboxylic acids is 1. The second kappa shape index (κ2) is 4.21. The number of hydrogen-bond acceptors (Lipinski definition) is 2. The van der Waals surface area contributed by atoms with Gasteiger partial charge in [0.25, 0.3) is 0 Å². The zero-order chi connectivity index (χ0) is 11.6. The highest BCUT2D eigenvalue weighted by molar-refractivity contribution is 5.77. The Bertz CT molecular complexity index is 342. The topological polar surface area (TPSA) is 30.2 Å². The lowest BCUT2D eigenvalue weighted by atomic mass is 9.91. The second-order valence-electron chi connectivity index (χ2n) is 5.11. The number of furan rings is 1. The van der Waals surface area contributed by atoms with Crippen molar-refractivity contribution in [1.82, 2.24) is 0 Å². The molecule has 15 heavy (non-hydrogen) atoms. The molecule has 0 saturated carbocycles. The first-order chi connectivity index (χ1) is 6.90. The van der Waals surface area contributed by atoms with Crippen LogP contribution in [0.3, 0.4) is 0 Å². The molecule has 0 fully saturated rings. The molecule has 0 aliphatic heterocycles. The van der Waals surface area contributed by atoms with Gasteiger partial charge in [-0.15, -0.1) is 0 Å². The van der Waals surface area contributed by atoms with Gasteiger partial charge in [0.1, 0.15) is 11.5 Å². The Hall–Kier alpha value is -1.05. The Morgan fingerprint density at radius 2 is 2.07 bits per heavy atom. The van der Waals surface area contributed by atoms with Gasteiger partial charge in [0.15, 0.2) is 6.29 Å². The predicted octanol–water partition coefficient (Wildman–Crippen LogP) is 3.90. The molecule has 1 unspecified atom stereocenters. The van der Waals surface area contributed by atoms with Crippen molar-refractivity contribution < 1.29 is 9.21 Å². The summed E-state index contributed by atoms with van der Waals surface area (Å²) in [6.45, 7) is 10.4. The number of aldehydes is 1. The minimum atomic E-state index is -0.109. The third kappa shape index (κ3) is 2.49. The molecule has 0 aliphatic carbocycles. The molecule has 84 valence electrons. The molecular weight excluding hydrogens is 188 g/mol. The molecule has 0 aliphatic rings. The van der Waals surface area contributed by atoms with E-state index in [1.54, 1.807) is 0 Å². The summed E-state index contributed by atoms with van der Waals surface area (Å²) >= 11 is 0. The Morgan fingerprint density at radius 3 is 2.40 bits per heavy atom. The third-order valence-electron chi connectivity index (χ3n) is 2.69. The number of rotatable bonds is 3. The highest BCUT2D eigenvalue weighted by Gasteiger charge is 2.24. The van der Waals surface area contributed by atoms with E-state index in [9.17, 15) is 4.79 Å². The van der Waals surface area contributed by atoms with Crippen LogP contribution in [-0.2, 0) is 5.41 Å². The molecule has 1 atom stereocenters. The summed E-state index contributed by atoms with van der Waals surface area (Å²) in [5.74, 6) is 2.09. The van der Waals surface area contributed by atoms with Crippen molar-refractivity contribution in [1.29, 1.82) is 0 Å². The van der Waals surface area contributed by atoms with E-state index < -0.39 is 0 Å². The highest BCUT2D eigenvalue weighted by atomic mass is 16.3. The van der Waals surface area contributed by atoms with Crippen molar-refractivity contribution >= 4 is 6.29 Å². The lowest BCUT2D eigenvalue weighted by Crippen LogP contribution is -2.11. The first-order valence-electron chi connectivity index (χ1n) is 5.49. The predicted molar refractivity (Wildman–Crippen MR) is 61.5 cm³/mol. The summed E-state index contributed by atoms with van der Waals surface area (Å²) in [5, 5.41) is 0. The van der Waals surface area contributed by atoms with Gasteiger partial charge in [0, 0.05) is 11.3 Å². The van der Waals surface area contributed by atoms with Crippen LogP contribution >= 0.6 is 0 Å². The van der Waals surface area contributed by atoms with Gasteiger partial charge in [-0.2, -0.15) is 0 Å². The minimum Gasteiger partial charge on any atom is -0.464 e. The molecular formula is C13H20O2. The lowest BCUT2D eigenvalue weighted by molar-refractivity contribution is 0.111. The molecule has 0 radical (unpaired) electrons. The standard InChI is InChI=1S/C13H20O2/c1-6-9(2)11-7-10(8-14)12(15-11)13(3,4)5/h7-9H,6H2,1-5H3. The molecule has 0 aromatic carbocycles. The Morgan fingerprint density at radius 1 is 1.47 bits per heavy atom. The fourth-order valence-electron chi connectivity index (χ4n) is 1.54. The van der Waals surface area contributed by atoms with E-state index in [4.69, 9.17) is 4.42 Å². The third-order valence-corrected chi connectivity index (χ3v) is 2.69. The van der Waals surface area contributed by atoms with Gasteiger partial charge in [0.05, 0.1) is 5.56 Å². The van der Waals surface area contributed by atoms with Gasteiger partial charge < -0.3 is 4.42 Å². The first-order valence-corrected chi connectivity index (χ1v) is 5.49. The fourth-order valence-corrected chi connectivity index (χ4v) is 1.54. The van der Waals surface area contributed by atoms with Crippen LogP contribution in [0.1, 0.15) is 68.8 Å². The maximum atomic E-state index is 10.9. The molecule has 1 heterocycles. The Balaban J connectivity index is 3.17. The van der Waals surface area contributed by atoms with E-state index in [-0.39, 0.29) is 5.41 Å². The summed E-state index contributed by atoms with van der Waals surface area (Å²) in [5.41, 5.74) is 0.583. The molecule has 1 aromatic rings. The normalized spacial score (nSPS) is 13.9. The van der Waals surface area contributed by atoms with Crippen LogP contribution in [0.2, 0.25) is 0 Å². The van der Waals surface area contributed by atoms with Gasteiger partial charge in [-0.1, -0.05) is 34.6 Å². The van der Waals surface area contributed by atoms with Crippen molar-refractivity contribution in [2.75, 3.05) is 0 Å². The monoisotopic (exact) mass is 208 g/mol. The largest absolute Gasteiger partial charge is 0.464 e. The van der Waals surface area contributed by atoms with Crippen LogP contribution in [0, 0.1) is 0 Å². The second-order valence-corrected chi connectivity index (χ2v) is 5.11. The molecule has 1 aromatic heterocycles. The van der Waals surface area contributed by atoms with Gasteiger partial charge in [0.2, 0.25) is 0 Å². The van der Waals surface area contributed by atoms with E-state index in [0.717, 1.165) is 24.2 Å². The summed E-state index contributed by atoms with van der Waals surface area (Å²) in [6, 6.07) is 1.88. The van der Waals surface area contributed by atoms with Crippen LogP contribution in [-0.4, -0.2) is 6.29 Å². The quantitative estimate of drug-likeness (QED) is 0.705. The van der Waals surface area contributed by atoms with Crippen molar-refractivity contribution in [2.24, 2.45) is 0 Å². The summed E-state index contributed by atoms with van der Waals surface area (Å²) < 4.78 is 5.79. The number of hydrogen-bond donors (Lipinski definition) is 0. The molecule has 0 saturated heterocycles. The minimum absolute atomic E-state index is 0.109. The maximum absolute atomic E-state index is 10.9. The van der Waals surface area contributed by atoms with E-state index in [1.807, 2.05) is 6.07 Å². The zero-order valence-electron chi connectivity index (χ0n) is 10.3. The van der Waals surface area contributed by atoms with Crippen molar-refractivity contribution in [3.63, 3.8) is 0 Å². The maximum Gasteiger partial charge on any atom is 0.153 e. The average molecular weight is 208 g/mol. The first kappa shape index (κ1) is 12.0. The number of carbonyl (C=O) groups is 1. The molecule has 0 spiro atoms. The van der Waals surface area contributed by atoms with Crippen molar-refractivity contribution in [2.45, 2.75) is 52.4 Å². The van der Waals surface area contributed by atoms with Crippen molar-refractivity contribution in [3.8, 4) is 0 Å². The molecule has 2 heteroatoms. The van der Waals surface area contributed by atoms with Crippen LogP contribution in [0.5, 0.6) is 0 Å².